The van der Waals surface area contributed by atoms with Crippen LogP contribution in [0.3, 0.4) is 0 Å². The normalized spacial score (nSPS) is 27.0. The molecule has 0 aromatic heterocycles. The lowest BCUT2D eigenvalue weighted by Crippen LogP contribution is -2.43. The van der Waals surface area contributed by atoms with Gasteiger partial charge in [0.05, 0.1) is 25.9 Å². The van der Waals surface area contributed by atoms with E-state index in [-0.39, 0.29) is 24.7 Å². The third-order valence-corrected chi connectivity index (χ3v) is 4.62. The van der Waals surface area contributed by atoms with Gasteiger partial charge >= 0.3 is 0 Å². The number of ether oxygens (including phenoxy) is 3. The lowest BCUT2D eigenvalue weighted by molar-refractivity contribution is -0.126. The number of carbonyl (C=O) groups is 1. The molecule has 1 N–H and O–H groups in total. The van der Waals surface area contributed by atoms with Crippen LogP contribution in [-0.4, -0.2) is 69.5 Å². The minimum Gasteiger partial charge on any atom is -0.382 e. The van der Waals surface area contributed by atoms with Gasteiger partial charge in [0, 0.05) is 32.3 Å². The molecule has 2 saturated heterocycles. The van der Waals surface area contributed by atoms with Gasteiger partial charge < -0.3 is 19.5 Å². The number of carbonyl (C=O) groups excluding carboxylic acids is 1. The molecule has 0 spiro atoms. The Morgan fingerprint density at radius 3 is 2.92 bits per heavy atom. The van der Waals surface area contributed by atoms with E-state index in [0.29, 0.717) is 19.3 Å². The van der Waals surface area contributed by atoms with Crippen LogP contribution in [0.2, 0.25) is 0 Å². The molecule has 0 radical (unpaired) electrons. The van der Waals surface area contributed by atoms with Crippen LogP contribution in [0, 0.1) is 0 Å². The van der Waals surface area contributed by atoms with E-state index in [1.54, 1.807) is 7.11 Å². The zero-order valence-corrected chi connectivity index (χ0v) is 14.1. The lowest BCUT2D eigenvalue weighted by Gasteiger charge is -2.35. The van der Waals surface area contributed by atoms with Crippen molar-refractivity contribution in [1.82, 2.24) is 10.2 Å². The Morgan fingerprint density at radius 1 is 1.29 bits per heavy atom. The zero-order valence-electron chi connectivity index (χ0n) is 14.1. The van der Waals surface area contributed by atoms with Crippen LogP contribution in [-0.2, 0) is 19.0 Å². The number of nitrogens with one attached hydrogen (secondary N) is 1. The van der Waals surface area contributed by atoms with Gasteiger partial charge in [0.15, 0.2) is 0 Å². The Hall–Kier alpha value is -1.47. The fourth-order valence-corrected chi connectivity index (χ4v) is 3.42. The van der Waals surface area contributed by atoms with Gasteiger partial charge in [0.25, 0.3) is 0 Å². The summed E-state index contributed by atoms with van der Waals surface area (Å²) >= 11 is 0. The van der Waals surface area contributed by atoms with Crippen LogP contribution in [0.5, 0.6) is 0 Å². The van der Waals surface area contributed by atoms with E-state index in [4.69, 9.17) is 14.2 Å². The molecule has 24 heavy (non-hydrogen) atoms. The molecular weight excluding hydrogens is 308 g/mol. The van der Waals surface area contributed by atoms with Crippen LogP contribution in [0.15, 0.2) is 30.3 Å². The van der Waals surface area contributed by atoms with E-state index < -0.39 is 0 Å². The van der Waals surface area contributed by atoms with E-state index in [0.717, 1.165) is 26.1 Å². The van der Waals surface area contributed by atoms with Crippen LogP contribution in [0.1, 0.15) is 18.1 Å². The highest BCUT2D eigenvalue weighted by atomic mass is 16.5. The summed E-state index contributed by atoms with van der Waals surface area (Å²) in [6.07, 6.45) is 1.06. The van der Waals surface area contributed by atoms with Crippen molar-refractivity contribution >= 4 is 5.91 Å². The molecule has 2 aliphatic rings. The Balaban J connectivity index is 1.44. The average Bonchev–Trinajstić information content (AvgIpc) is 3.00. The maximum Gasteiger partial charge on any atom is 0.246 e. The number of hydrogen-bond donors (Lipinski definition) is 1. The molecule has 0 bridgehead atoms. The topological polar surface area (TPSA) is 60.0 Å². The molecule has 1 amide bonds. The highest BCUT2D eigenvalue weighted by Gasteiger charge is 2.38. The van der Waals surface area contributed by atoms with E-state index in [1.807, 2.05) is 18.2 Å². The number of methoxy groups -OCH3 is 1. The first-order valence-corrected chi connectivity index (χ1v) is 8.53. The minimum absolute atomic E-state index is 0.0588. The van der Waals surface area contributed by atoms with Crippen LogP contribution in [0.25, 0.3) is 0 Å². The Kier molecular flexibility index (Phi) is 6.20. The van der Waals surface area contributed by atoms with Crippen LogP contribution >= 0.6 is 0 Å². The van der Waals surface area contributed by atoms with E-state index in [2.05, 4.69) is 22.3 Å². The summed E-state index contributed by atoms with van der Waals surface area (Å²) < 4.78 is 16.2. The molecule has 1 aromatic carbocycles. The van der Waals surface area contributed by atoms with Crippen molar-refractivity contribution in [3.63, 3.8) is 0 Å². The first-order valence-electron chi connectivity index (χ1n) is 8.53. The predicted molar refractivity (Wildman–Crippen MR) is 89.7 cm³/mol. The van der Waals surface area contributed by atoms with Gasteiger partial charge in [-0.2, -0.15) is 0 Å². The molecule has 2 fully saturated rings. The molecule has 2 heterocycles. The smallest absolute Gasteiger partial charge is 0.246 e. The van der Waals surface area contributed by atoms with Crippen molar-refractivity contribution in [2.45, 2.75) is 24.6 Å². The van der Waals surface area contributed by atoms with Gasteiger partial charge in [0.1, 0.15) is 6.61 Å². The van der Waals surface area contributed by atoms with Gasteiger partial charge in [-0.25, -0.2) is 0 Å². The quantitative estimate of drug-likeness (QED) is 0.753. The van der Waals surface area contributed by atoms with Crippen molar-refractivity contribution < 1.29 is 19.0 Å². The number of rotatable bonds is 7. The SMILES string of the molecule is COCCOCC(=O)N[C@@H]1C[C@H]2CO[C@@H](c3ccccc3)CN2C1. The van der Waals surface area contributed by atoms with Gasteiger partial charge in [-0.1, -0.05) is 30.3 Å². The van der Waals surface area contributed by atoms with Crippen molar-refractivity contribution in [3.8, 4) is 0 Å². The third kappa shape index (κ3) is 4.54. The maximum atomic E-state index is 11.9. The largest absolute Gasteiger partial charge is 0.382 e. The summed E-state index contributed by atoms with van der Waals surface area (Å²) in [5.74, 6) is -0.0588. The monoisotopic (exact) mass is 334 g/mol. The highest BCUT2D eigenvalue weighted by Crippen LogP contribution is 2.30. The first kappa shape index (κ1) is 17.4. The molecule has 1 aromatic rings. The molecule has 0 unspecified atom stereocenters. The molecule has 0 saturated carbocycles. The fraction of sp³-hybridized carbons (Fsp3) is 0.611. The highest BCUT2D eigenvalue weighted by molar-refractivity contribution is 5.77. The number of morpholine rings is 1. The second-order valence-electron chi connectivity index (χ2n) is 6.39. The molecule has 132 valence electrons. The number of fused-ring (bicyclic) bond motifs is 1. The average molecular weight is 334 g/mol. The van der Waals surface area contributed by atoms with Gasteiger partial charge in [-0.3, -0.25) is 9.69 Å². The Bertz CT molecular complexity index is 525. The summed E-state index contributed by atoms with van der Waals surface area (Å²) in [4.78, 5) is 14.4. The molecule has 3 atom stereocenters. The number of benzene rings is 1. The summed E-state index contributed by atoms with van der Waals surface area (Å²) in [5.41, 5.74) is 1.22. The number of hydrogen-bond acceptors (Lipinski definition) is 5. The third-order valence-electron chi connectivity index (χ3n) is 4.62. The first-order chi connectivity index (χ1) is 11.8. The molecule has 0 aliphatic carbocycles. The number of amides is 1. The van der Waals surface area contributed by atoms with Crippen molar-refractivity contribution in [2.24, 2.45) is 0 Å². The van der Waals surface area contributed by atoms with Crippen molar-refractivity contribution in [3.05, 3.63) is 35.9 Å². The van der Waals surface area contributed by atoms with Gasteiger partial charge in [-0.15, -0.1) is 0 Å². The zero-order chi connectivity index (χ0) is 16.8. The van der Waals surface area contributed by atoms with Crippen molar-refractivity contribution in [2.75, 3.05) is 46.6 Å². The van der Waals surface area contributed by atoms with E-state index in [9.17, 15) is 4.79 Å². The molecule has 6 heteroatoms. The summed E-state index contributed by atoms with van der Waals surface area (Å²) in [7, 11) is 1.61. The summed E-state index contributed by atoms with van der Waals surface area (Å²) in [6.45, 7) is 3.51. The standard InChI is InChI=1S/C18H26N2O4/c1-22-7-8-23-13-18(21)19-15-9-16-12-24-17(11-20(16)10-15)14-5-3-2-4-6-14/h2-6,15-17H,7-13H2,1H3,(H,19,21)/t15-,16+,17-/m1/s1. The Labute approximate surface area is 143 Å². The van der Waals surface area contributed by atoms with Crippen LogP contribution < -0.4 is 5.32 Å². The Morgan fingerprint density at radius 2 is 2.12 bits per heavy atom. The second-order valence-corrected chi connectivity index (χ2v) is 6.39. The number of nitrogens with zero attached hydrogens (tertiary/aromatic N) is 1. The van der Waals surface area contributed by atoms with Gasteiger partial charge in [-0.05, 0) is 12.0 Å². The van der Waals surface area contributed by atoms with E-state index in [1.165, 1.54) is 5.56 Å². The van der Waals surface area contributed by atoms with E-state index >= 15 is 0 Å². The minimum atomic E-state index is -0.0588. The fourth-order valence-electron chi connectivity index (χ4n) is 3.42. The second kappa shape index (κ2) is 8.58. The lowest BCUT2D eigenvalue weighted by atomic mass is 10.1. The molecule has 2 aliphatic heterocycles. The van der Waals surface area contributed by atoms with Gasteiger partial charge in [0.2, 0.25) is 5.91 Å². The van der Waals surface area contributed by atoms with Crippen LogP contribution in [0.4, 0.5) is 0 Å². The molecule has 6 nitrogen and oxygen atoms in total. The summed E-state index contributed by atoms with van der Waals surface area (Å²) in [5, 5.41) is 3.06. The molecule has 3 rings (SSSR count). The predicted octanol–water partition coefficient (Wildman–Crippen LogP) is 0.980. The molecular formula is C18H26N2O4. The maximum absolute atomic E-state index is 11.9. The summed E-state index contributed by atoms with van der Waals surface area (Å²) in [6, 6.07) is 10.9. The van der Waals surface area contributed by atoms with Crippen molar-refractivity contribution in [1.29, 1.82) is 0 Å².